The summed E-state index contributed by atoms with van der Waals surface area (Å²) in [5.74, 6) is 5.16. The number of carbonyl (C=O) groups is 1. The molecule has 0 saturated heterocycles. The Bertz CT molecular complexity index is 359. The molecule has 0 aliphatic heterocycles. The number of nitrogens with one attached hydrogen (secondary N) is 1. The molecule has 1 fully saturated rings. The molecule has 1 amide bonds. The Morgan fingerprint density at radius 1 is 1.18 bits per heavy atom. The van der Waals surface area contributed by atoms with E-state index in [4.69, 9.17) is 10.7 Å². The molecule has 0 atom stereocenters. The van der Waals surface area contributed by atoms with E-state index in [-0.39, 0.29) is 18.1 Å². The van der Waals surface area contributed by atoms with Gasteiger partial charge in [0.15, 0.2) is 0 Å². The summed E-state index contributed by atoms with van der Waals surface area (Å²) in [6.07, 6.45) is 3.84. The molecule has 0 unspecified atom stereocenters. The molecule has 1 aromatic rings. The zero-order valence-corrected chi connectivity index (χ0v) is 9.76. The Morgan fingerprint density at radius 3 is 2.41 bits per heavy atom. The Morgan fingerprint density at radius 2 is 1.82 bits per heavy atom. The molecule has 4 nitrogen and oxygen atoms in total. The highest BCUT2D eigenvalue weighted by atomic mass is 16.6. The van der Waals surface area contributed by atoms with Crippen molar-refractivity contribution < 1.29 is 9.63 Å². The van der Waals surface area contributed by atoms with E-state index in [0.717, 1.165) is 25.7 Å². The predicted molar refractivity (Wildman–Crippen MR) is 65.2 cm³/mol. The van der Waals surface area contributed by atoms with Crippen LogP contribution in [0.15, 0.2) is 30.3 Å². The maximum absolute atomic E-state index is 11.9. The molecule has 0 radical (unpaired) electrons. The lowest BCUT2D eigenvalue weighted by molar-refractivity contribution is 0.0217. The number of carbonyl (C=O) groups excluding carboxylic acids is 1. The molecule has 1 aliphatic carbocycles. The van der Waals surface area contributed by atoms with Crippen LogP contribution in [0.4, 0.5) is 0 Å². The largest absolute Gasteiger partial charge is 0.349 e. The van der Waals surface area contributed by atoms with E-state index in [1.165, 1.54) is 0 Å². The zero-order chi connectivity index (χ0) is 12.1. The Balaban J connectivity index is 1.84. The molecule has 0 bridgehead atoms. The minimum absolute atomic E-state index is 0.00252. The van der Waals surface area contributed by atoms with Crippen molar-refractivity contribution in [2.45, 2.75) is 37.8 Å². The summed E-state index contributed by atoms with van der Waals surface area (Å²) >= 11 is 0. The van der Waals surface area contributed by atoms with Crippen molar-refractivity contribution in [3.8, 4) is 0 Å². The van der Waals surface area contributed by atoms with Gasteiger partial charge in [0.1, 0.15) is 0 Å². The van der Waals surface area contributed by atoms with Gasteiger partial charge >= 0.3 is 0 Å². The van der Waals surface area contributed by atoms with Gasteiger partial charge in [0.2, 0.25) is 0 Å². The summed E-state index contributed by atoms with van der Waals surface area (Å²) in [5, 5.41) is 3.04. The monoisotopic (exact) mass is 234 g/mol. The van der Waals surface area contributed by atoms with Gasteiger partial charge in [-0.25, -0.2) is 5.90 Å². The van der Waals surface area contributed by atoms with Crippen LogP contribution in [-0.2, 0) is 4.84 Å². The first-order valence-corrected chi connectivity index (χ1v) is 6.01. The molecule has 1 aliphatic rings. The standard InChI is InChI=1S/C13H18N2O2/c14-17-12-8-6-11(7-9-12)15-13(16)10-4-2-1-3-5-10/h1-5,11-12H,6-9,14H2,(H,15,16). The molecule has 2 rings (SSSR count). The van der Waals surface area contributed by atoms with Crippen LogP contribution in [-0.4, -0.2) is 18.1 Å². The smallest absolute Gasteiger partial charge is 0.251 e. The molecule has 1 saturated carbocycles. The number of benzene rings is 1. The third-order valence-electron chi connectivity index (χ3n) is 3.24. The lowest BCUT2D eigenvalue weighted by Crippen LogP contribution is -2.39. The lowest BCUT2D eigenvalue weighted by Gasteiger charge is -2.27. The van der Waals surface area contributed by atoms with Crippen LogP contribution in [0.2, 0.25) is 0 Å². The van der Waals surface area contributed by atoms with Gasteiger partial charge in [-0.15, -0.1) is 0 Å². The van der Waals surface area contributed by atoms with Crippen LogP contribution in [0, 0.1) is 0 Å². The van der Waals surface area contributed by atoms with E-state index in [1.54, 1.807) is 0 Å². The van der Waals surface area contributed by atoms with Crippen molar-refractivity contribution in [1.82, 2.24) is 5.32 Å². The molecular weight excluding hydrogens is 216 g/mol. The van der Waals surface area contributed by atoms with E-state index in [2.05, 4.69) is 5.32 Å². The van der Waals surface area contributed by atoms with Gasteiger partial charge in [-0.05, 0) is 37.8 Å². The molecule has 0 aromatic heterocycles. The number of hydrogen-bond donors (Lipinski definition) is 2. The number of amides is 1. The molecule has 4 heteroatoms. The quantitative estimate of drug-likeness (QED) is 0.781. The highest BCUT2D eigenvalue weighted by molar-refractivity contribution is 5.94. The minimum Gasteiger partial charge on any atom is -0.349 e. The zero-order valence-electron chi connectivity index (χ0n) is 9.76. The topological polar surface area (TPSA) is 64.3 Å². The summed E-state index contributed by atoms with van der Waals surface area (Å²) in [6, 6.07) is 9.53. The van der Waals surface area contributed by atoms with Gasteiger partial charge in [0, 0.05) is 11.6 Å². The fourth-order valence-electron chi connectivity index (χ4n) is 2.20. The van der Waals surface area contributed by atoms with E-state index in [9.17, 15) is 4.79 Å². The fourth-order valence-corrected chi connectivity index (χ4v) is 2.20. The van der Waals surface area contributed by atoms with Gasteiger partial charge < -0.3 is 10.2 Å². The second-order valence-corrected chi connectivity index (χ2v) is 4.45. The van der Waals surface area contributed by atoms with E-state index >= 15 is 0 Å². The third-order valence-corrected chi connectivity index (χ3v) is 3.24. The van der Waals surface area contributed by atoms with Crippen molar-refractivity contribution >= 4 is 5.91 Å². The Labute approximate surface area is 101 Å². The van der Waals surface area contributed by atoms with Crippen molar-refractivity contribution in [2.75, 3.05) is 0 Å². The maximum atomic E-state index is 11.9. The van der Waals surface area contributed by atoms with Crippen LogP contribution in [0.25, 0.3) is 0 Å². The average molecular weight is 234 g/mol. The Kier molecular flexibility index (Phi) is 4.12. The molecule has 92 valence electrons. The van der Waals surface area contributed by atoms with Crippen molar-refractivity contribution in [1.29, 1.82) is 0 Å². The summed E-state index contributed by atoms with van der Waals surface area (Å²) < 4.78 is 0. The van der Waals surface area contributed by atoms with Crippen LogP contribution in [0.3, 0.4) is 0 Å². The first kappa shape index (κ1) is 12.1. The number of hydrogen-bond acceptors (Lipinski definition) is 3. The lowest BCUT2D eigenvalue weighted by atomic mass is 9.93. The summed E-state index contributed by atoms with van der Waals surface area (Å²) in [4.78, 5) is 16.7. The SMILES string of the molecule is NOC1CCC(NC(=O)c2ccccc2)CC1. The van der Waals surface area contributed by atoms with Gasteiger partial charge in [0.05, 0.1) is 6.10 Å². The molecule has 17 heavy (non-hydrogen) atoms. The highest BCUT2D eigenvalue weighted by Crippen LogP contribution is 2.20. The van der Waals surface area contributed by atoms with Crippen LogP contribution in [0.5, 0.6) is 0 Å². The van der Waals surface area contributed by atoms with Crippen molar-refractivity contribution in [3.05, 3.63) is 35.9 Å². The molecule has 0 spiro atoms. The molecular formula is C13H18N2O2. The van der Waals surface area contributed by atoms with Crippen LogP contribution >= 0.6 is 0 Å². The number of rotatable bonds is 3. The Hall–Kier alpha value is -1.39. The molecule has 3 N–H and O–H groups in total. The fraction of sp³-hybridized carbons (Fsp3) is 0.462. The van der Waals surface area contributed by atoms with E-state index in [0.29, 0.717) is 5.56 Å². The van der Waals surface area contributed by atoms with Crippen molar-refractivity contribution in [3.63, 3.8) is 0 Å². The van der Waals surface area contributed by atoms with Gasteiger partial charge in [0.25, 0.3) is 5.91 Å². The van der Waals surface area contributed by atoms with E-state index in [1.807, 2.05) is 30.3 Å². The van der Waals surface area contributed by atoms with E-state index < -0.39 is 0 Å². The van der Waals surface area contributed by atoms with Gasteiger partial charge in [-0.1, -0.05) is 18.2 Å². The van der Waals surface area contributed by atoms with Gasteiger partial charge in [-0.3, -0.25) is 4.79 Å². The highest BCUT2D eigenvalue weighted by Gasteiger charge is 2.22. The summed E-state index contributed by atoms with van der Waals surface area (Å²) in [7, 11) is 0. The maximum Gasteiger partial charge on any atom is 0.251 e. The normalized spacial score (nSPS) is 24.3. The first-order chi connectivity index (χ1) is 8.29. The molecule has 0 heterocycles. The predicted octanol–water partition coefficient (Wildman–Crippen LogP) is 1.62. The third kappa shape index (κ3) is 3.28. The average Bonchev–Trinajstić information content (AvgIpc) is 2.40. The van der Waals surface area contributed by atoms with Crippen molar-refractivity contribution in [2.24, 2.45) is 5.90 Å². The minimum atomic E-state index is 0.00252. The second kappa shape index (κ2) is 5.80. The second-order valence-electron chi connectivity index (χ2n) is 4.45. The molecule has 1 aromatic carbocycles. The van der Waals surface area contributed by atoms with Crippen LogP contribution in [0.1, 0.15) is 36.0 Å². The van der Waals surface area contributed by atoms with Crippen LogP contribution < -0.4 is 11.2 Å². The first-order valence-electron chi connectivity index (χ1n) is 6.01. The number of nitrogens with two attached hydrogens (primary N) is 1. The summed E-state index contributed by atoms with van der Waals surface area (Å²) in [5.41, 5.74) is 0.713. The van der Waals surface area contributed by atoms with Gasteiger partial charge in [-0.2, -0.15) is 0 Å². The summed E-state index contributed by atoms with van der Waals surface area (Å²) in [6.45, 7) is 0.